The van der Waals surface area contributed by atoms with Crippen LogP contribution in [0.25, 0.3) is 0 Å². The zero-order valence-electron chi connectivity index (χ0n) is 8.68. The molecule has 0 aromatic carbocycles. The molecule has 0 bridgehead atoms. The highest BCUT2D eigenvalue weighted by Gasteiger charge is 2.05. The van der Waals surface area contributed by atoms with E-state index in [1.807, 2.05) is 16.4 Å². The Hall–Kier alpha value is -0.920. The lowest BCUT2D eigenvalue weighted by molar-refractivity contribution is 0.614. The number of aryl methyl sites for hydroxylation is 2. The molecule has 2 aromatic rings. The van der Waals surface area contributed by atoms with E-state index in [0.29, 0.717) is 0 Å². The zero-order valence-corrected chi connectivity index (χ0v) is 10.8. The van der Waals surface area contributed by atoms with Gasteiger partial charge in [-0.2, -0.15) is 5.10 Å². The minimum atomic E-state index is 0.722. The van der Waals surface area contributed by atoms with E-state index in [1.54, 1.807) is 6.33 Å². The fourth-order valence-corrected chi connectivity index (χ4v) is 1.81. The highest BCUT2D eigenvalue weighted by Crippen LogP contribution is 2.06. The molecule has 0 fully saturated rings. The molecule has 2 rings (SSSR count). The lowest BCUT2D eigenvalue weighted by atomic mass is 10.3. The van der Waals surface area contributed by atoms with Crippen LogP contribution in [0.3, 0.4) is 0 Å². The van der Waals surface area contributed by atoms with Crippen molar-refractivity contribution in [3.05, 3.63) is 27.6 Å². The van der Waals surface area contributed by atoms with Gasteiger partial charge in [0.15, 0.2) is 0 Å². The van der Waals surface area contributed by atoms with E-state index >= 15 is 0 Å². The van der Waals surface area contributed by atoms with Crippen LogP contribution in [0.1, 0.15) is 18.3 Å². The predicted molar refractivity (Wildman–Crippen MR) is 64.4 cm³/mol. The molecule has 0 N–H and O–H groups in total. The molecule has 0 saturated carbocycles. The summed E-state index contributed by atoms with van der Waals surface area (Å²) in [5, 5.41) is 8.62. The van der Waals surface area contributed by atoms with Gasteiger partial charge in [0.2, 0.25) is 3.83 Å². The van der Waals surface area contributed by atoms with Gasteiger partial charge < -0.3 is 0 Å². The van der Waals surface area contributed by atoms with Crippen LogP contribution in [-0.2, 0) is 20.0 Å². The molecule has 0 saturated heterocycles. The van der Waals surface area contributed by atoms with E-state index in [9.17, 15) is 0 Å². The van der Waals surface area contributed by atoms with Crippen molar-refractivity contribution in [3.63, 3.8) is 0 Å². The normalized spacial score (nSPS) is 10.9. The molecule has 0 aliphatic rings. The number of rotatable bonds is 3. The molecule has 15 heavy (non-hydrogen) atoms. The van der Waals surface area contributed by atoms with Crippen molar-refractivity contribution in [2.24, 2.45) is 7.05 Å². The molecule has 0 atom stereocenters. The van der Waals surface area contributed by atoms with E-state index in [2.05, 4.69) is 50.8 Å². The maximum atomic E-state index is 4.39. The van der Waals surface area contributed by atoms with E-state index < -0.39 is 0 Å². The number of hydrogen-bond acceptors (Lipinski definition) is 3. The monoisotopic (exact) mass is 317 g/mol. The smallest absolute Gasteiger partial charge is 0.211 e. The average molecular weight is 317 g/mol. The van der Waals surface area contributed by atoms with Crippen LogP contribution in [0.2, 0.25) is 0 Å². The van der Waals surface area contributed by atoms with Gasteiger partial charge in [-0.1, -0.05) is 6.92 Å². The Labute approximate surface area is 102 Å². The summed E-state index contributed by atoms with van der Waals surface area (Å²) in [5.41, 5.74) is 2.26. The highest BCUT2D eigenvalue weighted by molar-refractivity contribution is 14.1. The van der Waals surface area contributed by atoms with Crippen LogP contribution in [0.15, 0.2) is 12.4 Å². The first-order valence-electron chi connectivity index (χ1n) is 4.75. The molecule has 2 heterocycles. The first-order chi connectivity index (χ1) is 7.19. The molecule has 0 radical (unpaired) electrons. The summed E-state index contributed by atoms with van der Waals surface area (Å²) in [6.07, 6.45) is 2.70. The maximum Gasteiger partial charge on any atom is 0.211 e. The van der Waals surface area contributed by atoms with E-state index in [4.69, 9.17) is 0 Å². The Bertz CT molecular complexity index is 459. The third-order valence-electron chi connectivity index (χ3n) is 2.22. The van der Waals surface area contributed by atoms with Crippen LogP contribution in [0.4, 0.5) is 0 Å². The zero-order chi connectivity index (χ0) is 10.8. The summed E-state index contributed by atoms with van der Waals surface area (Å²) < 4.78 is 4.48. The largest absolute Gasteiger partial charge is 0.270 e. The predicted octanol–water partition coefficient (Wildman–Crippen LogP) is 1.23. The maximum absolute atomic E-state index is 4.39. The molecule has 0 amide bonds. The van der Waals surface area contributed by atoms with Crippen LogP contribution < -0.4 is 0 Å². The Morgan fingerprint density at radius 2 is 2.20 bits per heavy atom. The van der Waals surface area contributed by atoms with Crippen molar-refractivity contribution in [1.82, 2.24) is 24.5 Å². The third-order valence-corrected chi connectivity index (χ3v) is 2.72. The van der Waals surface area contributed by atoms with Crippen molar-refractivity contribution >= 4 is 22.6 Å². The lowest BCUT2D eigenvalue weighted by Gasteiger charge is -2.00. The first kappa shape index (κ1) is 10.6. The van der Waals surface area contributed by atoms with Gasteiger partial charge >= 0.3 is 0 Å². The summed E-state index contributed by atoms with van der Waals surface area (Å²) in [7, 11) is 1.95. The standard InChI is InChI=1S/C9H12IN5/c1-3-7-4-8(14(2)12-7)5-15-6-11-9(10)13-15/h4,6H,3,5H2,1-2H3. The van der Waals surface area contributed by atoms with Crippen molar-refractivity contribution in [3.8, 4) is 0 Å². The molecule has 5 nitrogen and oxygen atoms in total. The van der Waals surface area contributed by atoms with E-state index in [0.717, 1.165) is 28.2 Å². The fourth-order valence-electron chi connectivity index (χ4n) is 1.41. The summed E-state index contributed by atoms with van der Waals surface area (Å²) in [6, 6.07) is 2.11. The number of halogens is 1. The minimum Gasteiger partial charge on any atom is -0.270 e. The van der Waals surface area contributed by atoms with E-state index in [-0.39, 0.29) is 0 Å². The Morgan fingerprint density at radius 3 is 2.73 bits per heavy atom. The van der Waals surface area contributed by atoms with Crippen molar-refractivity contribution in [2.45, 2.75) is 19.9 Å². The number of aromatic nitrogens is 5. The summed E-state index contributed by atoms with van der Waals surface area (Å²) >= 11 is 2.10. The SMILES string of the molecule is CCc1cc(Cn2cnc(I)n2)n(C)n1. The summed E-state index contributed by atoms with van der Waals surface area (Å²) in [5.74, 6) is 0. The Balaban J connectivity index is 2.20. The second-order valence-corrected chi connectivity index (χ2v) is 4.28. The van der Waals surface area contributed by atoms with Crippen LogP contribution >= 0.6 is 22.6 Å². The average Bonchev–Trinajstić information content (AvgIpc) is 2.75. The first-order valence-corrected chi connectivity index (χ1v) is 5.83. The molecule has 0 spiro atoms. The Morgan fingerprint density at radius 1 is 1.40 bits per heavy atom. The molecule has 80 valence electrons. The number of hydrogen-bond donors (Lipinski definition) is 0. The topological polar surface area (TPSA) is 48.5 Å². The molecule has 2 aromatic heterocycles. The van der Waals surface area contributed by atoms with Crippen molar-refractivity contribution in [1.29, 1.82) is 0 Å². The van der Waals surface area contributed by atoms with Gasteiger partial charge in [-0.25, -0.2) is 9.67 Å². The molecule has 0 aliphatic carbocycles. The van der Waals surface area contributed by atoms with Crippen LogP contribution in [-0.4, -0.2) is 24.5 Å². The van der Waals surface area contributed by atoms with Crippen LogP contribution in [0, 0.1) is 3.83 Å². The van der Waals surface area contributed by atoms with Gasteiger partial charge in [0, 0.05) is 29.6 Å². The van der Waals surface area contributed by atoms with Crippen molar-refractivity contribution in [2.75, 3.05) is 0 Å². The Kier molecular flexibility index (Phi) is 3.03. The number of nitrogens with zero attached hydrogens (tertiary/aromatic N) is 5. The molecule has 6 heteroatoms. The molecule has 0 aliphatic heterocycles. The summed E-state index contributed by atoms with van der Waals surface area (Å²) in [4.78, 5) is 4.08. The molecule has 0 unspecified atom stereocenters. The summed E-state index contributed by atoms with van der Waals surface area (Å²) in [6.45, 7) is 2.82. The van der Waals surface area contributed by atoms with Crippen LogP contribution in [0.5, 0.6) is 0 Å². The van der Waals surface area contributed by atoms with Gasteiger partial charge in [-0.3, -0.25) is 4.68 Å². The minimum absolute atomic E-state index is 0.722. The van der Waals surface area contributed by atoms with Gasteiger partial charge in [0.1, 0.15) is 6.33 Å². The third kappa shape index (κ3) is 2.36. The van der Waals surface area contributed by atoms with Gasteiger partial charge in [0.25, 0.3) is 0 Å². The van der Waals surface area contributed by atoms with E-state index in [1.165, 1.54) is 0 Å². The second-order valence-electron chi connectivity index (χ2n) is 3.32. The van der Waals surface area contributed by atoms with Crippen molar-refractivity contribution < 1.29 is 0 Å². The van der Waals surface area contributed by atoms with Gasteiger partial charge in [-0.15, -0.1) is 5.10 Å². The second kappa shape index (κ2) is 4.30. The quantitative estimate of drug-likeness (QED) is 0.800. The lowest BCUT2D eigenvalue weighted by Crippen LogP contribution is -2.06. The molecular weight excluding hydrogens is 305 g/mol. The fraction of sp³-hybridized carbons (Fsp3) is 0.444. The van der Waals surface area contributed by atoms with Gasteiger partial charge in [0.05, 0.1) is 17.9 Å². The molecular formula is C9H12IN5. The highest BCUT2D eigenvalue weighted by atomic mass is 127. The van der Waals surface area contributed by atoms with Gasteiger partial charge in [-0.05, 0) is 12.5 Å².